The number of carbonyl (C=O) groups excluding carboxylic acids is 4. The van der Waals surface area contributed by atoms with E-state index in [1.54, 1.807) is 63.2 Å². The molecule has 0 fully saturated rings. The molecule has 12 heteroatoms. The fourth-order valence-corrected chi connectivity index (χ4v) is 3.52. The SMILES string of the molecule is COC(=O)c1ccccc1-c1nnnn1C(C(=O)OCc1ccccc1)C(=O)C(N)CC(=O)OC(C)(C)C. The number of hydrogen-bond acceptors (Lipinski definition) is 11. The monoisotopic (exact) mass is 523 g/mol. The van der Waals surface area contributed by atoms with Crippen molar-refractivity contribution in [3.8, 4) is 11.4 Å². The van der Waals surface area contributed by atoms with E-state index in [2.05, 4.69) is 15.5 Å². The van der Waals surface area contributed by atoms with Crippen LogP contribution in [0.1, 0.15) is 49.2 Å². The number of rotatable bonds is 10. The molecule has 0 bridgehead atoms. The van der Waals surface area contributed by atoms with Gasteiger partial charge in [-0.3, -0.25) is 9.59 Å². The summed E-state index contributed by atoms with van der Waals surface area (Å²) >= 11 is 0. The number of ketones is 1. The normalized spacial score (nSPS) is 12.8. The minimum absolute atomic E-state index is 0.0783. The van der Waals surface area contributed by atoms with Crippen molar-refractivity contribution in [3.05, 3.63) is 65.7 Å². The average Bonchev–Trinajstić information content (AvgIpc) is 3.35. The molecule has 2 aromatic carbocycles. The highest BCUT2D eigenvalue weighted by atomic mass is 16.6. The van der Waals surface area contributed by atoms with Gasteiger partial charge in [-0.2, -0.15) is 0 Å². The van der Waals surface area contributed by atoms with Crippen LogP contribution >= 0.6 is 0 Å². The van der Waals surface area contributed by atoms with Gasteiger partial charge in [0, 0.05) is 5.56 Å². The summed E-state index contributed by atoms with van der Waals surface area (Å²) in [4.78, 5) is 51.5. The number of benzene rings is 2. The highest BCUT2D eigenvalue weighted by Crippen LogP contribution is 2.26. The molecule has 3 rings (SSSR count). The first-order chi connectivity index (χ1) is 18.0. The maximum absolute atomic E-state index is 13.5. The summed E-state index contributed by atoms with van der Waals surface area (Å²) in [7, 11) is 1.21. The number of esters is 3. The van der Waals surface area contributed by atoms with Crippen molar-refractivity contribution < 1.29 is 33.4 Å². The average molecular weight is 524 g/mol. The molecule has 0 aliphatic carbocycles. The lowest BCUT2D eigenvalue weighted by molar-refractivity contribution is -0.158. The van der Waals surface area contributed by atoms with E-state index in [4.69, 9.17) is 19.9 Å². The van der Waals surface area contributed by atoms with Crippen LogP contribution in [0.3, 0.4) is 0 Å². The molecule has 0 amide bonds. The van der Waals surface area contributed by atoms with E-state index in [1.165, 1.54) is 19.2 Å². The molecule has 200 valence electrons. The molecule has 1 aromatic heterocycles. The molecule has 1 heterocycles. The van der Waals surface area contributed by atoms with Crippen LogP contribution in [-0.4, -0.2) is 62.7 Å². The van der Waals surface area contributed by atoms with Crippen LogP contribution < -0.4 is 5.73 Å². The van der Waals surface area contributed by atoms with Crippen molar-refractivity contribution in [1.82, 2.24) is 20.2 Å². The molecule has 2 unspecified atom stereocenters. The van der Waals surface area contributed by atoms with E-state index in [-0.39, 0.29) is 23.6 Å². The van der Waals surface area contributed by atoms with Crippen molar-refractivity contribution >= 4 is 23.7 Å². The van der Waals surface area contributed by atoms with Gasteiger partial charge in [0.2, 0.25) is 6.04 Å². The summed E-state index contributed by atoms with van der Waals surface area (Å²) < 4.78 is 16.4. The maximum atomic E-state index is 13.5. The Balaban J connectivity index is 1.98. The number of ether oxygens (including phenoxy) is 3. The van der Waals surface area contributed by atoms with E-state index >= 15 is 0 Å². The first-order valence-corrected chi connectivity index (χ1v) is 11.7. The Morgan fingerprint density at radius 1 is 1.00 bits per heavy atom. The second kappa shape index (κ2) is 12.2. The zero-order valence-electron chi connectivity index (χ0n) is 21.5. The third kappa shape index (κ3) is 7.07. The van der Waals surface area contributed by atoms with Gasteiger partial charge >= 0.3 is 17.9 Å². The van der Waals surface area contributed by atoms with E-state index in [1.807, 2.05) is 0 Å². The Kier molecular flexibility index (Phi) is 9.02. The van der Waals surface area contributed by atoms with Crippen molar-refractivity contribution in [2.75, 3.05) is 7.11 Å². The zero-order chi connectivity index (χ0) is 27.9. The van der Waals surface area contributed by atoms with E-state index in [0.29, 0.717) is 5.56 Å². The van der Waals surface area contributed by atoms with Crippen LogP contribution in [0.4, 0.5) is 0 Å². The number of carbonyl (C=O) groups is 4. The molecule has 0 saturated carbocycles. The number of Topliss-reactive ketones (excluding diaryl/α,β-unsaturated/α-hetero) is 1. The van der Waals surface area contributed by atoms with Crippen LogP contribution in [0.15, 0.2) is 54.6 Å². The van der Waals surface area contributed by atoms with Gasteiger partial charge in [0.1, 0.15) is 12.2 Å². The van der Waals surface area contributed by atoms with Gasteiger partial charge in [0.15, 0.2) is 11.6 Å². The number of tetrazole rings is 1. The smallest absolute Gasteiger partial charge is 0.339 e. The molecule has 2 N–H and O–H groups in total. The van der Waals surface area contributed by atoms with Gasteiger partial charge in [-0.25, -0.2) is 14.3 Å². The van der Waals surface area contributed by atoms with E-state index in [0.717, 1.165) is 4.68 Å². The molecule has 0 spiro atoms. The fourth-order valence-electron chi connectivity index (χ4n) is 3.52. The summed E-state index contributed by atoms with van der Waals surface area (Å²) in [5.74, 6) is -3.35. The van der Waals surface area contributed by atoms with Crippen LogP contribution in [0.5, 0.6) is 0 Å². The van der Waals surface area contributed by atoms with Gasteiger partial charge < -0.3 is 19.9 Å². The second-order valence-electron chi connectivity index (χ2n) is 9.28. The summed E-state index contributed by atoms with van der Waals surface area (Å²) in [5.41, 5.74) is 6.26. The number of nitrogens with zero attached hydrogens (tertiary/aromatic N) is 4. The first kappa shape index (κ1) is 28.1. The zero-order valence-corrected chi connectivity index (χ0v) is 21.5. The molecule has 38 heavy (non-hydrogen) atoms. The number of hydrogen-bond donors (Lipinski definition) is 1. The van der Waals surface area contributed by atoms with Gasteiger partial charge in [-0.15, -0.1) is 5.10 Å². The third-order valence-electron chi connectivity index (χ3n) is 5.20. The van der Waals surface area contributed by atoms with Crippen LogP contribution in [0.2, 0.25) is 0 Å². The largest absolute Gasteiger partial charge is 0.465 e. The molecule has 0 aliphatic rings. The van der Waals surface area contributed by atoms with Crippen molar-refractivity contribution in [2.45, 2.75) is 51.5 Å². The van der Waals surface area contributed by atoms with Crippen LogP contribution in [-0.2, 0) is 35.2 Å². The molecular weight excluding hydrogens is 494 g/mol. The lowest BCUT2D eigenvalue weighted by atomic mass is 10.0. The lowest BCUT2D eigenvalue weighted by Crippen LogP contribution is -2.43. The Morgan fingerprint density at radius 2 is 1.66 bits per heavy atom. The fraction of sp³-hybridized carbons (Fsp3) is 0.346. The van der Waals surface area contributed by atoms with Crippen molar-refractivity contribution in [3.63, 3.8) is 0 Å². The van der Waals surface area contributed by atoms with Gasteiger partial charge in [-0.05, 0) is 42.8 Å². The predicted molar refractivity (Wildman–Crippen MR) is 133 cm³/mol. The summed E-state index contributed by atoms with van der Waals surface area (Å²) in [6.45, 7) is 4.89. The summed E-state index contributed by atoms with van der Waals surface area (Å²) in [6.07, 6.45) is -0.491. The van der Waals surface area contributed by atoms with Crippen molar-refractivity contribution in [2.24, 2.45) is 5.73 Å². The van der Waals surface area contributed by atoms with Gasteiger partial charge in [-0.1, -0.05) is 48.5 Å². The third-order valence-corrected chi connectivity index (χ3v) is 5.20. The molecular formula is C26H29N5O7. The molecule has 0 radical (unpaired) electrons. The van der Waals surface area contributed by atoms with Crippen LogP contribution in [0.25, 0.3) is 11.4 Å². The maximum Gasteiger partial charge on any atom is 0.339 e. The van der Waals surface area contributed by atoms with Crippen molar-refractivity contribution in [1.29, 1.82) is 0 Å². The molecule has 0 aliphatic heterocycles. The standard InChI is InChI=1S/C26H29N5O7/c1-26(2,3)38-20(32)14-19(27)22(33)21(25(35)37-15-16-10-6-5-7-11-16)31-23(28-29-30-31)17-12-8-9-13-18(17)24(34)36-4/h5-13,19,21H,14-15,27H2,1-4H3. The number of methoxy groups -OCH3 is 1. The minimum Gasteiger partial charge on any atom is -0.465 e. The predicted octanol–water partition coefficient (Wildman–Crippen LogP) is 2.04. The highest BCUT2D eigenvalue weighted by Gasteiger charge is 2.38. The van der Waals surface area contributed by atoms with E-state index < -0.39 is 47.8 Å². The van der Waals surface area contributed by atoms with Crippen LogP contribution in [0, 0.1) is 0 Å². The number of aromatic nitrogens is 4. The molecule has 3 aromatic rings. The topological polar surface area (TPSA) is 166 Å². The Bertz CT molecular complexity index is 1300. The molecule has 0 saturated heterocycles. The minimum atomic E-state index is -1.76. The Labute approximate surface area is 219 Å². The Morgan fingerprint density at radius 3 is 2.32 bits per heavy atom. The molecule has 2 atom stereocenters. The Hall–Kier alpha value is -4.45. The number of nitrogens with two attached hydrogens (primary N) is 1. The molecule has 12 nitrogen and oxygen atoms in total. The quantitative estimate of drug-likeness (QED) is 0.235. The summed E-state index contributed by atoms with van der Waals surface area (Å²) in [6, 6.07) is 11.9. The highest BCUT2D eigenvalue weighted by molar-refractivity contribution is 6.05. The first-order valence-electron chi connectivity index (χ1n) is 11.7. The summed E-state index contributed by atoms with van der Waals surface area (Å²) in [5, 5.41) is 11.4. The second-order valence-corrected chi connectivity index (χ2v) is 9.28. The lowest BCUT2D eigenvalue weighted by Gasteiger charge is -2.22. The van der Waals surface area contributed by atoms with Gasteiger partial charge in [0.05, 0.1) is 25.1 Å². The van der Waals surface area contributed by atoms with Gasteiger partial charge in [0.25, 0.3) is 0 Å². The van der Waals surface area contributed by atoms with E-state index in [9.17, 15) is 19.2 Å².